The molecule has 0 unspecified atom stereocenters. The molecule has 1 aliphatic rings. The molecular weight excluding hydrogens is 318 g/mol. The molecule has 132 valence electrons. The number of carbonyl (C=O) groups is 1. The van der Waals surface area contributed by atoms with Crippen LogP contribution in [0.25, 0.3) is 0 Å². The third kappa shape index (κ3) is 4.89. The maximum absolute atomic E-state index is 11.7. The second kappa shape index (κ2) is 8.41. The third-order valence-corrected chi connectivity index (χ3v) is 4.17. The summed E-state index contributed by atoms with van der Waals surface area (Å²) >= 11 is 0. The molecule has 0 atom stereocenters. The van der Waals surface area contributed by atoms with Gasteiger partial charge in [0.2, 0.25) is 5.95 Å². The molecule has 7 heteroatoms. The van der Waals surface area contributed by atoms with Crippen molar-refractivity contribution in [1.82, 2.24) is 15.2 Å². The van der Waals surface area contributed by atoms with Gasteiger partial charge in [0.1, 0.15) is 0 Å². The van der Waals surface area contributed by atoms with E-state index in [2.05, 4.69) is 25.8 Å². The first kappa shape index (κ1) is 17.1. The maximum atomic E-state index is 11.7. The van der Waals surface area contributed by atoms with Crippen molar-refractivity contribution in [2.45, 2.75) is 45.1 Å². The molecule has 0 spiro atoms. The van der Waals surface area contributed by atoms with Gasteiger partial charge in [-0.3, -0.25) is 0 Å². The van der Waals surface area contributed by atoms with Crippen molar-refractivity contribution in [3.8, 4) is 0 Å². The van der Waals surface area contributed by atoms with Crippen LogP contribution in [-0.2, 0) is 4.74 Å². The van der Waals surface area contributed by atoms with Gasteiger partial charge in [-0.05, 0) is 44.0 Å². The first-order chi connectivity index (χ1) is 12.2. The van der Waals surface area contributed by atoms with Gasteiger partial charge in [-0.25, -0.2) is 4.79 Å². The van der Waals surface area contributed by atoms with Crippen molar-refractivity contribution < 1.29 is 9.53 Å². The first-order valence-electron chi connectivity index (χ1n) is 8.75. The van der Waals surface area contributed by atoms with Crippen LogP contribution in [0.5, 0.6) is 0 Å². The highest BCUT2D eigenvalue weighted by molar-refractivity contribution is 5.89. The van der Waals surface area contributed by atoms with Gasteiger partial charge >= 0.3 is 5.97 Å². The minimum atomic E-state index is -0.322. The Morgan fingerprint density at radius 1 is 1.20 bits per heavy atom. The summed E-state index contributed by atoms with van der Waals surface area (Å²) in [4.78, 5) is 16.1. The molecule has 0 amide bonds. The molecule has 25 heavy (non-hydrogen) atoms. The second-order valence-electron chi connectivity index (χ2n) is 6.07. The highest BCUT2D eigenvalue weighted by Crippen LogP contribution is 2.21. The summed E-state index contributed by atoms with van der Waals surface area (Å²) in [7, 11) is 0. The molecule has 1 fully saturated rings. The summed E-state index contributed by atoms with van der Waals surface area (Å²) in [6.07, 6.45) is 7.67. The fourth-order valence-corrected chi connectivity index (χ4v) is 2.91. The van der Waals surface area contributed by atoms with E-state index in [-0.39, 0.29) is 5.97 Å². The van der Waals surface area contributed by atoms with Crippen LogP contribution in [0.15, 0.2) is 30.5 Å². The van der Waals surface area contributed by atoms with Crippen molar-refractivity contribution in [3.63, 3.8) is 0 Å². The van der Waals surface area contributed by atoms with Crippen LogP contribution in [0, 0.1) is 0 Å². The normalized spacial score (nSPS) is 14.8. The van der Waals surface area contributed by atoms with Crippen LogP contribution in [0.1, 0.15) is 49.4 Å². The zero-order chi connectivity index (χ0) is 17.5. The van der Waals surface area contributed by atoms with Crippen molar-refractivity contribution >= 4 is 23.4 Å². The Hall–Kier alpha value is -2.70. The van der Waals surface area contributed by atoms with Crippen LogP contribution in [0.3, 0.4) is 0 Å². The number of nitrogens with one attached hydrogen (secondary N) is 2. The fourth-order valence-electron chi connectivity index (χ4n) is 2.91. The molecule has 1 aromatic heterocycles. The van der Waals surface area contributed by atoms with E-state index in [0.29, 0.717) is 30.0 Å². The minimum absolute atomic E-state index is 0.322. The van der Waals surface area contributed by atoms with Crippen LogP contribution >= 0.6 is 0 Å². The summed E-state index contributed by atoms with van der Waals surface area (Å²) in [5, 5.41) is 14.6. The summed E-state index contributed by atoms with van der Waals surface area (Å²) < 4.78 is 4.98. The highest BCUT2D eigenvalue weighted by atomic mass is 16.5. The smallest absolute Gasteiger partial charge is 0.338 e. The van der Waals surface area contributed by atoms with Crippen molar-refractivity contribution in [2.75, 3.05) is 17.2 Å². The second-order valence-corrected chi connectivity index (χ2v) is 6.07. The number of nitrogens with zero attached hydrogens (tertiary/aromatic N) is 3. The number of ether oxygens (including phenoxy) is 1. The predicted molar refractivity (Wildman–Crippen MR) is 96.0 cm³/mol. The molecule has 0 radical (unpaired) electrons. The number of hydrogen-bond acceptors (Lipinski definition) is 7. The molecule has 0 bridgehead atoms. The average Bonchev–Trinajstić information content (AvgIpc) is 2.64. The van der Waals surface area contributed by atoms with Gasteiger partial charge in [0.15, 0.2) is 5.82 Å². The van der Waals surface area contributed by atoms with E-state index in [9.17, 15) is 4.79 Å². The molecule has 7 nitrogen and oxygen atoms in total. The molecular formula is C18H23N5O2. The quantitative estimate of drug-likeness (QED) is 0.777. The average molecular weight is 341 g/mol. The number of rotatable bonds is 6. The Kier molecular flexibility index (Phi) is 5.77. The molecule has 0 aliphatic heterocycles. The van der Waals surface area contributed by atoms with Crippen molar-refractivity contribution in [2.24, 2.45) is 0 Å². The van der Waals surface area contributed by atoms with Gasteiger partial charge in [0.25, 0.3) is 0 Å². The standard InChI is InChI=1S/C18H23N5O2/c1-2-25-17(24)13-8-10-15(11-9-13)20-16-12-19-23-18(22-16)21-14-6-4-3-5-7-14/h8-12,14H,2-7H2,1H3,(H2,20,21,22,23). The predicted octanol–water partition coefficient (Wildman–Crippen LogP) is 3.54. The highest BCUT2D eigenvalue weighted by Gasteiger charge is 2.14. The SMILES string of the molecule is CCOC(=O)c1ccc(Nc2cnnc(NC3CCCCC3)n2)cc1. The molecule has 1 heterocycles. The molecule has 1 saturated carbocycles. The topological polar surface area (TPSA) is 89.0 Å². The van der Waals surface area contributed by atoms with Gasteiger partial charge in [-0.15, -0.1) is 5.10 Å². The molecule has 1 aromatic carbocycles. The van der Waals surface area contributed by atoms with E-state index in [1.165, 1.54) is 19.3 Å². The van der Waals surface area contributed by atoms with Crippen LogP contribution in [-0.4, -0.2) is 33.8 Å². The van der Waals surface area contributed by atoms with Gasteiger partial charge in [-0.2, -0.15) is 10.1 Å². The lowest BCUT2D eigenvalue weighted by molar-refractivity contribution is 0.0526. The Morgan fingerprint density at radius 3 is 2.68 bits per heavy atom. The zero-order valence-electron chi connectivity index (χ0n) is 14.4. The number of aromatic nitrogens is 3. The van der Waals surface area contributed by atoms with E-state index in [0.717, 1.165) is 18.5 Å². The number of carbonyl (C=O) groups excluding carboxylic acids is 1. The zero-order valence-corrected chi connectivity index (χ0v) is 14.4. The molecule has 2 N–H and O–H groups in total. The Bertz CT molecular complexity index is 699. The Balaban J connectivity index is 1.62. The number of hydrogen-bond donors (Lipinski definition) is 2. The monoisotopic (exact) mass is 341 g/mol. The number of anilines is 3. The lowest BCUT2D eigenvalue weighted by Gasteiger charge is -2.22. The molecule has 1 aliphatic carbocycles. The molecule has 3 rings (SSSR count). The molecule has 2 aromatic rings. The Labute approximate surface area is 147 Å². The van der Waals surface area contributed by atoms with Crippen LogP contribution in [0.4, 0.5) is 17.5 Å². The van der Waals surface area contributed by atoms with Crippen LogP contribution in [0.2, 0.25) is 0 Å². The summed E-state index contributed by atoms with van der Waals surface area (Å²) in [5.41, 5.74) is 1.34. The largest absolute Gasteiger partial charge is 0.462 e. The van der Waals surface area contributed by atoms with Crippen molar-refractivity contribution in [1.29, 1.82) is 0 Å². The van der Waals surface area contributed by atoms with Gasteiger partial charge in [-0.1, -0.05) is 19.3 Å². The number of esters is 1. The van der Waals surface area contributed by atoms with E-state index in [1.807, 2.05) is 12.1 Å². The van der Waals surface area contributed by atoms with Gasteiger partial charge < -0.3 is 15.4 Å². The van der Waals surface area contributed by atoms with E-state index in [1.54, 1.807) is 25.3 Å². The van der Waals surface area contributed by atoms with Gasteiger partial charge in [0.05, 0.1) is 18.4 Å². The van der Waals surface area contributed by atoms with Crippen molar-refractivity contribution in [3.05, 3.63) is 36.0 Å². The van der Waals surface area contributed by atoms with Crippen LogP contribution < -0.4 is 10.6 Å². The molecule has 0 saturated heterocycles. The van der Waals surface area contributed by atoms with Gasteiger partial charge in [0, 0.05) is 11.7 Å². The van der Waals surface area contributed by atoms with E-state index in [4.69, 9.17) is 4.74 Å². The van der Waals surface area contributed by atoms with E-state index >= 15 is 0 Å². The summed E-state index contributed by atoms with van der Waals surface area (Å²) in [6, 6.07) is 7.48. The number of benzene rings is 1. The van der Waals surface area contributed by atoms with E-state index < -0.39 is 0 Å². The minimum Gasteiger partial charge on any atom is -0.462 e. The summed E-state index contributed by atoms with van der Waals surface area (Å²) in [5.74, 6) is 0.828. The fraction of sp³-hybridized carbons (Fsp3) is 0.444. The lowest BCUT2D eigenvalue weighted by atomic mass is 9.96. The Morgan fingerprint density at radius 2 is 1.96 bits per heavy atom. The first-order valence-corrected chi connectivity index (χ1v) is 8.75. The third-order valence-electron chi connectivity index (χ3n) is 4.17. The maximum Gasteiger partial charge on any atom is 0.338 e. The summed E-state index contributed by atoms with van der Waals surface area (Å²) in [6.45, 7) is 2.15. The lowest BCUT2D eigenvalue weighted by Crippen LogP contribution is -2.23.